The molecule has 0 saturated carbocycles. The zero-order valence-corrected chi connectivity index (χ0v) is 39.4. The summed E-state index contributed by atoms with van der Waals surface area (Å²) in [5.41, 5.74) is 7.88. The van der Waals surface area contributed by atoms with Crippen LogP contribution in [0.1, 0.15) is 50.8 Å². The molecule has 0 bridgehead atoms. The number of carbonyl (C=O) groups excluding carboxylic acids is 2. The zero-order chi connectivity index (χ0) is 47.4. The van der Waals surface area contributed by atoms with Gasteiger partial charge >= 0.3 is 10.0 Å². The van der Waals surface area contributed by atoms with E-state index in [1.807, 2.05) is 0 Å². The van der Waals surface area contributed by atoms with Crippen LogP contribution in [0.15, 0.2) is 123 Å². The van der Waals surface area contributed by atoms with E-state index in [1.165, 1.54) is 52.5 Å². The molecule has 2 aromatic carbocycles. The van der Waals surface area contributed by atoms with Crippen molar-refractivity contribution in [3.05, 3.63) is 149 Å². The van der Waals surface area contributed by atoms with Crippen molar-refractivity contribution < 1.29 is 55.7 Å². The Kier molecular flexibility index (Phi) is 18.1. The van der Waals surface area contributed by atoms with Crippen molar-refractivity contribution in [1.82, 2.24) is 9.97 Å². The fourth-order valence-electron chi connectivity index (χ4n) is 6.62. The summed E-state index contributed by atoms with van der Waals surface area (Å²) in [4.78, 5) is 51.3. The SMILES string of the molecule is CCN(CC)c1ccc(/C=C/C2=[N+](C)c3ccc(C)cc3C2(C)CC)c(OC)c1.O=C1C=CC(=NN=c2[n-]cc([N+](=O)[O-])s2)C(O)=C1.O=C1C=CC(=NN=c2[n-]cc([N+](=O)[O-])s2)C(O)=C1.[Co]. The summed E-state index contributed by atoms with van der Waals surface area (Å²) in [5, 5.41) is 53.9. The molecule has 19 nitrogen and oxygen atoms in total. The zero-order valence-electron chi connectivity index (χ0n) is 36.7. The van der Waals surface area contributed by atoms with Crippen molar-refractivity contribution in [2.75, 3.05) is 32.1 Å². The molecule has 2 N–H and O–H groups in total. The molecular formula is C44H45CoN10O9S2-. The standard InChI is InChI=1S/C26H35N2O.2C9H6N4O4S.Co/c1-8-26(5)22-17-19(4)11-15-23(22)27(6)25(26)16-13-20-12-14-21(18-24(20)29-7)28(9-2)10-3;2*14-5-1-2-6(7(15)3-5)11-12-9-10-4-8(18-9)13(16)17;/h11-18H,8-10H2,1-7H3;2*1-4H,(H2,10,12,14,15);/q+1;;;/p-2. The van der Waals surface area contributed by atoms with Crippen LogP contribution in [0, 0.1) is 27.2 Å². The molecule has 7 rings (SSSR count). The molecule has 1 atom stereocenters. The van der Waals surface area contributed by atoms with Gasteiger partial charge in [0.1, 0.15) is 35.7 Å². The van der Waals surface area contributed by atoms with Gasteiger partial charge in [-0.3, -0.25) is 40.0 Å². The van der Waals surface area contributed by atoms with Crippen LogP contribution in [0.3, 0.4) is 0 Å². The van der Waals surface area contributed by atoms with Gasteiger partial charge in [0.05, 0.1) is 22.4 Å². The first kappa shape index (κ1) is 51.5. The van der Waals surface area contributed by atoms with Crippen LogP contribution in [0.4, 0.5) is 21.4 Å². The summed E-state index contributed by atoms with van der Waals surface area (Å²) < 4.78 is 8.06. The number of ether oxygens (including phenoxy) is 1. The third kappa shape index (κ3) is 12.6. The molecule has 3 aliphatic rings. The largest absolute Gasteiger partial charge is 0.506 e. The molecule has 4 aromatic rings. The number of hydrogen-bond donors (Lipinski definition) is 2. The van der Waals surface area contributed by atoms with Crippen LogP contribution < -0.4 is 29.2 Å². The second-order valence-corrected chi connectivity index (χ2v) is 16.2. The molecular weight excluding hydrogens is 936 g/mol. The number of thiazole rings is 2. The maximum Gasteiger partial charge on any atom is 0.319 e. The molecule has 0 saturated heterocycles. The van der Waals surface area contributed by atoms with Crippen molar-refractivity contribution in [1.29, 1.82) is 0 Å². The van der Waals surface area contributed by atoms with Gasteiger partial charge in [-0.15, -0.1) is 0 Å². The molecule has 1 radical (unpaired) electrons. The molecule has 1 unspecified atom stereocenters. The van der Waals surface area contributed by atoms with Crippen LogP contribution in [-0.4, -0.2) is 80.6 Å². The van der Waals surface area contributed by atoms with Gasteiger partial charge in [-0.2, -0.15) is 4.58 Å². The third-order valence-electron chi connectivity index (χ3n) is 10.2. The van der Waals surface area contributed by atoms with E-state index in [0.717, 1.165) is 78.0 Å². The molecule has 2 aliphatic carbocycles. The van der Waals surface area contributed by atoms with Gasteiger partial charge in [0, 0.05) is 99.0 Å². The van der Waals surface area contributed by atoms with E-state index < -0.39 is 9.85 Å². The Morgan fingerprint density at radius 3 is 1.79 bits per heavy atom. The first-order valence-electron chi connectivity index (χ1n) is 19.9. The molecule has 0 amide bonds. The Balaban J connectivity index is 0.000000225. The van der Waals surface area contributed by atoms with Gasteiger partial charge in [-0.05, 0) is 82.7 Å². The number of hydrogen-bond acceptors (Lipinski definition) is 16. The van der Waals surface area contributed by atoms with E-state index in [-0.39, 0.29) is 76.3 Å². The Morgan fingerprint density at radius 1 is 0.818 bits per heavy atom. The van der Waals surface area contributed by atoms with Crippen molar-refractivity contribution in [2.45, 2.75) is 46.5 Å². The maximum atomic E-state index is 10.9. The Morgan fingerprint density at radius 2 is 1.35 bits per heavy atom. The van der Waals surface area contributed by atoms with Gasteiger partial charge in [-0.25, -0.2) is 0 Å². The third-order valence-corrected chi connectivity index (χ3v) is 11.9. The summed E-state index contributed by atoms with van der Waals surface area (Å²) in [6.45, 7) is 13.1. The Hall–Kier alpha value is -7.14. The summed E-state index contributed by atoms with van der Waals surface area (Å²) in [5.74, 6) is -0.402. The number of aryl methyl sites for hydroxylation is 1. The van der Waals surface area contributed by atoms with Crippen molar-refractivity contribution >= 4 is 78.8 Å². The average Bonchev–Trinajstić information content (AvgIpc) is 4.02. The number of fused-ring (bicyclic) bond motifs is 1. The number of aromatic nitrogens is 2. The molecule has 0 fully saturated rings. The van der Waals surface area contributed by atoms with Gasteiger partial charge in [-0.1, -0.05) is 41.2 Å². The number of nitrogens with zero attached hydrogens (tertiary/aromatic N) is 10. The Bertz CT molecular complexity index is 2790. The van der Waals surface area contributed by atoms with Gasteiger partial charge in [0.25, 0.3) is 0 Å². The van der Waals surface area contributed by atoms with Crippen LogP contribution in [0.5, 0.6) is 5.75 Å². The topological polar surface area (TPSA) is 254 Å². The molecule has 0 spiro atoms. The number of ketones is 2. The molecule has 347 valence electrons. The second-order valence-electron chi connectivity index (χ2n) is 14.3. The summed E-state index contributed by atoms with van der Waals surface area (Å²) in [6.07, 6.45) is 14.7. The van der Waals surface area contributed by atoms with Crippen LogP contribution in [-0.2, 0) is 31.8 Å². The van der Waals surface area contributed by atoms with Gasteiger partial charge in [0.15, 0.2) is 17.3 Å². The number of carbonyl (C=O) groups is 2. The maximum absolute atomic E-state index is 10.9. The fraction of sp³-hybridized carbons (Fsp3) is 0.250. The van der Waals surface area contributed by atoms with Crippen LogP contribution in [0.25, 0.3) is 6.08 Å². The van der Waals surface area contributed by atoms with Crippen LogP contribution >= 0.6 is 22.7 Å². The summed E-state index contributed by atoms with van der Waals surface area (Å²) >= 11 is 1.51. The van der Waals surface area contributed by atoms with E-state index in [2.05, 4.69) is 130 Å². The molecule has 3 heterocycles. The number of nitro groups is 2. The minimum atomic E-state index is -0.583. The number of anilines is 1. The average molecular weight is 981 g/mol. The summed E-state index contributed by atoms with van der Waals surface area (Å²) in [7, 11) is 3.93. The van der Waals surface area contributed by atoms with E-state index in [1.54, 1.807) is 7.11 Å². The second kappa shape index (κ2) is 23.2. The number of allylic oxidation sites excluding steroid dienone is 7. The smallest absolute Gasteiger partial charge is 0.319 e. The predicted molar refractivity (Wildman–Crippen MR) is 250 cm³/mol. The van der Waals surface area contributed by atoms with Crippen molar-refractivity contribution in [3.63, 3.8) is 0 Å². The molecule has 2 aromatic heterocycles. The van der Waals surface area contributed by atoms with Gasteiger partial charge in [0.2, 0.25) is 5.69 Å². The Labute approximate surface area is 396 Å². The number of aliphatic hydroxyl groups excluding tert-OH is 2. The van der Waals surface area contributed by atoms with Crippen molar-refractivity contribution in [2.24, 2.45) is 20.4 Å². The van der Waals surface area contributed by atoms with E-state index in [9.17, 15) is 40.0 Å². The number of rotatable bonds is 11. The summed E-state index contributed by atoms with van der Waals surface area (Å²) in [6, 6.07) is 13.3. The molecule has 66 heavy (non-hydrogen) atoms. The first-order chi connectivity index (χ1) is 31.0. The predicted octanol–water partition coefficient (Wildman–Crippen LogP) is 6.86. The van der Waals surface area contributed by atoms with Crippen molar-refractivity contribution in [3.8, 4) is 5.75 Å². The number of methoxy groups -OCH3 is 1. The quantitative estimate of drug-likeness (QED) is 0.0677. The first-order valence-corrected chi connectivity index (χ1v) is 21.5. The fourth-order valence-corrected chi connectivity index (χ4v) is 7.73. The monoisotopic (exact) mass is 980 g/mol. The molecule has 1 aliphatic heterocycles. The van der Waals surface area contributed by atoms with E-state index >= 15 is 0 Å². The minimum Gasteiger partial charge on any atom is -0.506 e. The van der Waals surface area contributed by atoms with E-state index in [4.69, 9.17) is 4.74 Å². The number of aliphatic hydroxyl groups is 2. The van der Waals surface area contributed by atoms with E-state index in [0.29, 0.717) is 0 Å². The number of benzene rings is 2. The molecule has 22 heteroatoms. The minimum absolute atomic E-state index is 0. The normalized spacial score (nSPS) is 18.0. The van der Waals surface area contributed by atoms with Crippen LogP contribution in [0.2, 0.25) is 0 Å². The van der Waals surface area contributed by atoms with Gasteiger partial charge < -0.3 is 40.0 Å².